The molecule has 0 aliphatic carbocycles. The summed E-state index contributed by atoms with van der Waals surface area (Å²) < 4.78 is 43.2. The predicted octanol–water partition coefficient (Wildman–Crippen LogP) is 2.78. The summed E-state index contributed by atoms with van der Waals surface area (Å²) in [6.45, 7) is 1.10. The van der Waals surface area contributed by atoms with Crippen LogP contribution in [0, 0.1) is 0 Å². The van der Waals surface area contributed by atoms with Crippen LogP contribution in [-0.4, -0.2) is 25.1 Å². The van der Waals surface area contributed by atoms with Crippen LogP contribution >= 0.6 is 0 Å². The van der Waals surface area contributed by atoms with E-state index in [1.807, 2.05) is 0 Å². The fraction of sp³-hybridized carbons (Fsp3) is 0.500. The van der Waals surface area contributed by atoms with Crippen molar-refractivity contribution in [2.24, 2.45) is 10.7 Å². The quantitative estimate of drug-likeness (QED) is 0.904. The Hall–Kier alpha value is -1.56. The molecule has 1 aliphatic heterocycles. The summed E-state index contributed by atoms with van der Waals surface area (Å²) in [7, 11) is 0. The highest BCUT2D eigenvalue weighted by atomic mass is 19.4. The smallest absolute Gasteiger partial charge is 0.416 e. The molecule has 1 aliphatic rings. The Bertz CT molecular complexity index is 486. The van der Waals surface area contributed by atoms with E-state index in [2.05, 4.69) is 4.99 Å². The lowest BCUT2D eigenvalue weighted by Gasteiger charge is -2.08. The Morgan fingerprint density at radius 1 is 1.35 bits per heavy atom. The SMILES string of the molecule is NCCCC1COC(Cc2cccc(C(F)(F)F)c2)=N1. The molecule has 1 aromatic rings. The van der Waals surface area contributed by atoms with E-state index >= 15 is 0 Å². The van der Waals surface area contributed by atoms with Crippen LogP contribution in [0.25, 0.3) is 0 Å². The lowest BCUT2D eigenvalue weighted by molar-refractivity contribution is -0.137. The van der Waals surface area contributed by atoms with E-state index in [0.717, 1.165) is 25.0 Å². The highest BCUT2D eigenvalue weighted by Gasteiger charge is 2.30. The monoisotopic (exact) mass is 286 g/mol. The van der Waals surface area contributed by atoms with Crippen LogP contribution in [0.4, 0.5) is 13.2 Å². The zero-order chi connectivity index (χ0) is 14.6. The van der Waals surface area contributed by atoms with Gasteiger partial charge in [0.15, 0.2) is 5.90 Å². The first-order valence-electron chi connectivity index (χ1n) is 6.54. The van der Waals surface area contributed by atoms with Crippen molar-refractivity contribution in [3.63, 3.8) is 0 Å². The highest BCUT2D eigenvalue weighted by molar-refractivity contribution is 5.80. The molecule has 0 aromatic heterocycles. The highest BCUT2D eigenvalue weighted by Crippen LogP contribution is 2.29. The maximum Gasteiger partial charge on any atom is 0.416 e. The number of alkyl halides is 3. The van der Waals surface area contributed by atoms with Gasteiger partial charge in [0, 0.05) is 6.42 Å². The van der Waals surface area contributed by atoms with Crippen LogP contribution in [0.3, 0.4) is 0 Å². The van der Waals surface area contributed by atoms with E-state index in [0.29, 0.717) is 31.0 Å². The van der Waals surface area contributed by atoms with Gasteiger partial charge in [-0.2, -0.15) is 13.2 Å². The summed E-state index contributed by atoms with van der Waals surface area (Å²) in [5, 5.41) is 0. The molecule has 2 rings (SSSR count). The Balaban J connectivity index is 2.00. The molecule has 1 aromatic carbocycles. The molecule has 0 radical (unpaired) electrons. The maximum atomic E-state index is 12.6. The van der Waals surface area contributed by atoms with Gasteiger partial charge in [-0.3, -0.25) is 0 Å². The Morgan fingerprint density at radius 2 is 2.15 bits per heavy atom. The lowest BCUT2D eigenvalue weighted by Crippen LogP contribution is -2.09. The van der Waals surface area contributed by atoms with Crippen molar-refractivity contribution in [1.29, 1.82) is 0 Å². The summed E-state index contributed by atoms with van der Waals surface area (Å²) in [6, 6.07) is 5.33. The molecule has 0 saturated carbocycles. The molecule has 110 valence electrons. The molecule has 3 nitrogen and oxygen atoms in total. The van der Waals surface area contributed by atoms with Crippen molar-refractivity contribution in [3.8, 4) is 0 Å². The van der Waals surface area contributed by atoms with Crippen molar-refractivity contribution in [3.05, 3.63) is 35.4 Å². The van der Waals surface area contributed by atoms with E-state index in [1.54, 1.807) is 6.07 Å². The van der Waals surface area contributed by atoms with Crippen molar-refractivity contribution in [2.45, 2.75) is 31.5 Å². The summed E-state index contributed by atoms with van der Waals surface area (Å²) in [5.74, 6) is 0.506. The second-order valence-electron chi connectivity index (χ2n) is 4.79. The molecule has 0 bridgehead atoms. The van der Waals surface area contributed by atoms with Crippen molar-refractivity contribution >= 4 is 5.90 Å². The molecule has 2 N–H and O–H groups in total. The lowest BCUT2D eigenvalue weighted by atomic mass is 10.1. The van der Waals surface area contributed by atoms with E-state index in [4.69, 9.17) is 10.5 Å². The molecule has 0 spiro atoms. The van der Waals surface area contributed by atoms with Crippen molar-refractivity contribution in [1.82, 2.24) is 0 Å². The number of halogens is 3. The van der Waals surface area contributed by atoms with E-state index in [9.17, 15) is 13.2 Å². The summed E-state index contributed by atoms with van der Waals surface area (Å²) >= 11 is 0. The topological polar surface area (TPSA) is 47.6 Å². The summed E-state index contributed by atoms with van der Waals surface area (Å²) in [6.07, 6.45) is -2.31. The van der Waals surface area contributed by atoms with Gasteiger partial charge in [-0.25, -0.2) is 4.99 Å². The fourth-order valence-corrected chi connectivity index (χ4v) is 2.10. The van der Waals surface area contributed by atoms with E-state index in [1.165, 1.54) is 6.07 Å². The van der Waals surface area contributed by atoms with Gasteiger partial charge in [-0.1, -0.05) is 18.2 Å². The maximum absolute atomic E-state index is 12.6. The minimum Gasteiger partial charge on any atom is -0.478 e. The number of hydrogen-bond donors (Lipinski definition) is 1. The predicted molar refractivity (Wildman–Crippen MR) is 70.6 cm³/mol. The molecule has 1 heterocycles. The third-order valence-corrected chi connectivity index (χ3v) is 3.12. The largest absolute Gasteiger partial charge is 0.478 e. The van der Waals surface area contributed by atoms with Crippen LogP contribution in [0.1, 0.15) is 24.0 Å². The third kappa shape index (κ3) is 3.96. The molecule has 0 saturated heterocycles. The van der Waals surface area contributed by atoms with E-state index in [-0.39, 0.29) is 6.04 Å². The Morgan fingerprint density at radius 3 is 2.85 bits per heavy atom. The minimum absolute atomic E-state index is 0.0827. The zero-order valence-electron chi connectivity index (χ0n) is 11.0. The molecule has 6 heteroatoms. The average molecular weight is 286 g/mol. The molecule has 1 unspecified atom stereocenters. The van der Waals surface area contributed by atoms with Gasteiger partial charge in [0.1, 0.15) is 6.61 Å². The van der Waals surface area contributed by atoms with Gasteiger partial charge in [0.25, 0.3) is 0 Å². The molecular weight excluding hydrogens is 269 g/mol. The third-order valence-electron chi connectivity index (χ3n) is 3.12. The zero-order valence-corrected chi connectivity index (χ0v) is 11.0. The van der Waals surface area contributed by atoms with E-state index < -0.39 is 11.7 Å². The fourth-order valence-electron chi connectivity index (χ4n) is 2.10. The van der Waals surface area contributed by atoms with Gasteiger partial charge in [0.05, 0.1) is 11.6 Å². The number of nitrogens with two attached hydrogens (primary N) is 1. The standard InChI is InChI=1S/C14H17F3N2O/c15-14(16,17)11-4-1-3-10(7-11)8-13-19-12(9-20-13)5-2-6-18/h1,3-4,7,12H,2,5-6,8-9,18H2. The van der Waals surface area contributed by atoms with Gasteiger partial charge < -0.3 is 10.5 Å². The van der Waals surface area contributed by atoms with Gasteiger partial charge in [0.2, 0.25) is 0 Å². The number of nitrogens with zero attached hydrogens (tertiary/aromatic N) is 1. The number of rotatable bonds is 5. The van der Waals surface area contributed by atoms with Crippen LogP contribution in [-0.2, 0) is 17.3 Å². The minimum atomic E-state index is -4.32. The first-order valence-corrected chi connectivity index (χ1v) is 6.54. The second kappa shape index (κ2) is 6.26. The van der Waals surface area contributed by atoms with Crippen LogP contribution in [0.15, 0.2) is 29.3 Å². The van der Waals surface area contributed by atoms with Crippen molar-refractivity contribution < 1.29 is 17.9 Å². The molecular formula is C14H17F3N2O. The summed E-state index contributed by atoms with van der Waals surface area (Å²) in [5.41, 5.74) is 5.34. The van der Waals surface area contributed by atoms with Gasteiger partial charge in [-0.15, -0.1) is 0 Å². The van der Waals surface area contributed by atoms with Gasteiger partial charge in [-0.05, 0) is 31.0 Å². The van der Waals surface area contributed by atoms with Crippen LogP contribution in [0.2, 0.25) is 0 Å². The Kier molecular flexibility index (Phi) is 4.65. The first-order chi connectivity index (χ1) is 9.49. The Labute approximate surface area is 115 Å². The normalized spacial score (nSPS) is 18.8. The van der Waals surface area contributed by atoms with Crippen LogP contribution in [0.5, 0.6) is 0 Å². The molecule has 1 atom stereocenters. The number of hydrogen-bond acceptors (Lipinski definition) is 3. The first kappa shape index (κ1) is 14.8. The molecule has 0 fully saturated rings. The summed E-state index contributed by atoms with van der Waals surface area (Å²) in [4.78, 5) is 4.37. The van der Waals surface area contributed by atoms with Gasteiger partial charge >= 0.3 is 6.18 Å². The average Bonchev–Trinajstić information content (AvgIpc) is 2.83. The van der Waals surface area contributed by atoms with Crippen molar-refractivity contribution in [2.75, 3.05) is 13.2 Å². The number of ether oxygens (including phenoxy) is 1. The second-order valence-corrected chi connectivity index (χ2v) is 4.79. The van der Waals surface area contributed by atoms with Crippen LogP contribution < -0.4 is 5.73 Å². The molecule has 0 amide bonds. The molecule has 20 heavy (non-hydrogen) atoms. The number of benzene rings is 1. The number of aliphatic imine (C=N–C) groups is 1.